The molecule has 1 amide bonds. The van der Waals surface area contributed by atoms with Crippen molar-refractivity contribution in [3.05, 3.63) is 70.2 Å². The van der Waals surface area contributed by atoms with Crippen LogP contribution in [0.3, 0.4) is 0 Å². The van der Waals surface area contributed by atoms with Crippen LogP contribution in [0.2, 0.25) is 5.02 Å². The fraction of sp³-hybridized carbons (Fsp3) is 0.435. The fourth-order valence-corrected chi connectivity index (χ4v) is 3.90. The van der Waals surface area contributed by atoms with E-state index in [1.165, 1.54) is 16.7 Å². The zero-order valence-electron chi connectivity index (χ0n) is 16.9. The van der Waals surface area contributed by atoms with Crippen LogP contribution >= 0.6 is 11.6 Å². The first-order chi connectivity index (χ1) is 13.5. The van der Waals surface area contributed by atoms with Crippen LogP contribution < -0.4 is 10.6 Å². The van der Waals surface area contributed by atoms with E-state index in [1.54, 1.807) is 7.05 Å². The monoisotopic (exact) mass is 399 g/mol. The molecule has 0 aliphatic carbocycles. The molecule has 2 atom stereocenters. The highest BCUT2D eigenvalue weighted by Crippen LogP contribution is 2.22. The average Bonchev–Trinajstić information content (AvgIpc) is 3.10. The van der Waals surface area contributed by atoms with Gasteiger partial charge in [0.2, 0.25) is 5.91 Å². The Kier molecular flexibility index (Phi) is 7.11. The Hall–Kier alpha value is -1.88. The van der Waals surface area contributed by atoms with Crippen molar-refractivity contribution in [2.75, 3.05) is 13.6 Å². The number of benzene rings is 2. The molecule has 2 aromatic carbocycles. The van der Waals surface area contributed by atoms with Crippen molar-refractivity contribution in [1.29, 1.82) is 0 Å². The van der Waals surface area contributed by atoms with Gasteiger partial charge in [-0.05, 0) is 41.2 Å². The van der Waals surface area contributed by atoms with Crippen LogP contribution in [0.15, 0.2) is 48.5 Å². The highest BCUT2D eigenvalue weighted by atomic mass is 35.5. The first-order valence-corrected chi connectivity index (χ1v) is 10.4. The van der Waals surface area contributed by atoms with Gasteiger partial charge >= 0.3 is 0 Å². The lowest BCUT2D eigenvalue weighted by Gasteiger charge is -2.23. The standard InChI is InChI=1S/C23H30ClN3O/c1-16(2)19-8-4-17(5-9-19)13-26-21-12-22(23(28)25-3)27(15-21)14-18-6-10-20(24)11-7-18/h4-11,16,21-22,26H,12-15H2,1-3H3,(H,25,28)/t21-,22-/m0/s1. The van der Waals surface area contributed by atoms with Crippen LogP contribution in [0.25, 0.3) is 0 Å². The number of nitrogens with zero attached hydrogens (tertiary/aromatic N) is 1. The Morgan fingerprint density at radius 2 is 1.75 bits per heavy atom. The molecule has 1 aliphatic heterocycles. The summed E-state index contributed by atoms with van der Waals surface area (Å²) in [7, 11) is 1.71. The van der Waals surface area contributed by atoms with Gasteiger partial charge in [-0.15, -0.1) is 0 Å². The van der Waals surface area contributed by atoms with E-state index in [1.807, 2.05) is 24.3 Å². The van der Waals surface area contributed by atoms with Gasteiger partial charge in [-0.2, -0.15) is 0 Å². The van der Waals surface area contributed by atoms with Gasteiger partial charge in [0.05, 0.1) is 6.04 Å². The van der Waals surface area contributed by atoms with Gasteiger partial charge in [0, 0.05) is 37.7 Å². The highest BCUT2D eigenvalue weighted by Gasteiger charge is 2.35. The molecule has 0 unspecified atom stereocenters. The Morgan fingerprint density at radius 1 is 1.11 bits per heavy atom. The topological polar surface area (TPSA) is 44.4 Å². The normalized spacial score (nSPS) is 19.9. The van der Waals surface area contributed by atoms with Gasteiger partial charge in [-0.3, -0.25) is 9.69 Å². The second-order valence-electron chi connectivity index (χ2n) is 7.90. The number of hydrogen-bond donors (Lipinski definition) is 2. The molecular formula is C23H30ClN3O. The lowest BCUT2D eigenvalue weighted by molar-refractivity contribution is -0.125. The molecule has 0 aromatic heterocycles. The summed E-state index contributed by atoms with van der Waals surface area (Å²) in [5.74, 6) is 0.631. The molecule has 0 bridgehead atoms. The SMILES string of the molecule is CNC(=O)[C@@H]1C[C@H](NCc2ccc(C(C)C)cc2)CN1Cc1ccc(Cl)cc1. The molecular weight excluding hydrogens is 370 g/mol. The number of nitrogens with one attached hydrogen (secondary N) is 2. The summed E-state index contributed by atoms with van der Waals surface area (Å²) in [6, 6.07) is 16.8. The van der Waals surface area contributed by atoms with E-state index in [-0.39, 0.29) is 11.9 Å². The van der Waals surface area contributed by atoms with Gasteiger partial charge in [0.25, 0.3) is 0 Å². The quantitative estimate of drug-likeness (QED) is 0.741. The van der Waals surface area contributed by atoms with Crippen LogP contribution in [0.1, 0.15) is 42.9 Å². The smallest absolute Gasteiger partial charge is 0.237 e. The summed E-state index contributed by atoms with van der Waals surface area (Å²) >= 11 is 5.99. The second-order valence-corrected chi connectivity index (χ2v) is 8.33. The minimum Gasteiger partial charge on any atom is -0.358 e. The number of hydrogen-bond acceptors (Lipinski definition) is 3. The van der Waals surface area contributed by atoms with E-state index >= 15 is 0 Å². The molecule has 0 radical (unpaired) electrons. The summed E-state index contributed by atoms with van der Waals surface area (Å²) in [5, 5.41) is 7.18. The molecule has 1 fully saturated rings. The molecule has 0 saturated carbocycles. The summed E-state index contributed by atoms with van der Waals surface area (Å²) in [6.07, 6.45) is 0.817. The molecule has 1 saturated heterocycles. The van der Waals surface area contributed by atoms with Crippen LogP contribution in [0.5, 0.6) is 0 Å². The van der Waals surface area contributed by atoms with Crippen LogP contribution in [0, 0.1) is 0 Å². The number of halogens is 1. The van der Waals surface area contributed by atoms with E-state index in [0.717, 1.165) is 31.1 Å². The maximum absolute atomic E-state index is 12.4. The number of rotatable bonds is 7. The van der Waals surface area contributed by atoms with Crippen molar-refractivity contribution in [1.82, 2.24) is 15.5 Å². The van der Waals surface area contributed by atoms with Crippen molar-refractivity contribution in [2.24, 2.45) is 0 Å². The first-order valence-electron chi connectivity index (χ1n) is 9.98. The average molecular weight is 400 g/mol. The molecule has 150 valence electrons. The minimum atomic E-state index is -0.110. The zero-order chi connectivity index (χ0) is 20.1. The third kappa shape index (κ3) is 5.34. The number of carbonyl (C=O) groups is 1. The lowest BCUT2D eigenvalue weighted by atomic mass is 10.0. The Bertz CT molecular complexity index is 773. The molecule has 0 spiro atoms. The summed E-state index contributed by atoms with van der Waals surface area (Å²) < 4.78 is 0. The van der Waals surface area contributed by atoms with Crippen molar-refractivity contribution >= 4 is 17.5 Å². The van der Waals surface area contributed by atoms with Crippen LogP contribution in [0.4, 0.5) is 0 Å². The Morgan fingerprint density at radius 3 is 2.36 bits per heavy atom. The van der Waals surface area contributed by atoms with Gasteiger partial charge in [-0.25, -0.2) is 0 Å². The molecule has 2 N–H and O–H groups in total. The van der Waals surface area contributed by atoms with E-state index in [0.29, 0.717) is 12.0 Å². The molecule has 5 heteroatoms. The molecule has 28 heavy (non-hydrogen) atoms. The molecule has 2 aromatic rings. The van der Waals surface area contributed by atoms with Gasteiger partial charge in [0.15, 0.2) is 0 Å². The maximum atomic E-state index is 12.4. The van der Waals surface area contributed by atoms with E-state index in [4.69, 9.17) is 11.6 Å². The largest absolute Gasteiger partial charge is 0.358 e. The number of amides is 1. The third-order valence-corrected chi connectivity index (χ3v) is 5.74. The summed E-state index contributed by atoms with van der Waals surface area (Å²) in [4.78, 5) is 14.6. The van der Waals surface area contributed by atoms with Crippen molar-refractivity contribution in [3.8, 4) is 0 Å². The van der Waals surface area contributed by atoms with Crippen molar-refractivity contribution in [3.63, 3.8) is 0 Å². The predicted octanol–water partition coefficient (Wildman–Crippen LogP) is 3.94. The predicted molar refractivity (Wildman–Crippen MR) is 115 cm³/mol. The number of likely N-dealkylation sites (N-methyl/N-ethyl adjacent to an activating group) is 1. The minimum absolute atomic E-state index is 0.0829. The molecule has 4 nitrogen and oxygen atoms in total. The van der Waals surface area contributed by atoms with Crippen LogP contribution in [-0.2, 0) is 17.9 Å². The van der Waals surface area contributed by atoms with Crippen molar-refractivity contribution < 1.29 is 4.79 Å². The highest BCUT2D eigenvalue weighted by molar-refractivity contribution is 6.30. The maximum Gasteiger partial charge on any atom is 0.237 e. The van der Waals surface area contributed by atoms with E-state index in [9.17, 15) is 4.79 Å². The summed E-state index contributed by atoms with van der Waals surface area (Å²) in [6.45, 7) is 6.83. The Labute approximate surface area is 173 Å². The lowest BCUT2D eigenvalue weighted by Crippen LogP contribution is -2.41. The van der Waals surface area contributed by atoms with Crippen LogP contribution in [-0.4, -0.2) is 36.5 Å². The number of carbonyl (C=O) groups excluding carboxylic acids is 1. The van der Waals surface area contributed by atoms with Gasteiger partial charge in [0.1, 0.15) is 0 Å². The third-order valence-electron chi connectivity index (χ3n) is 5.49. The van der Waals surface area contributed by atoms with Gasteiger partial charge in [-0.1, -0.05) is 61.8 Å². The summed E-state index contributed by atoms with van der Waals surface area (Å²) in [5.41, 5.74) is 3.80. The fourth-order valence-electron chi connectivity index (χ4n) is 3.77. The van der Waals surface area contributed by atoms with E-state index in [2.05, 4.69) is 53.6 Å². The molecule has 3 rings (SSSR count). The molecule has 1 heterocycles. The zero-order valence-corrected chi connectivity index (χ0v) is 17.7. The first kappa shape index (κ1) is 20.8. The van der Waals surface area contributed by atoms with E-state index < -0.39 is 0 Å². The van der Waals surface area contributed by atoms with Crippen molar-refractivity contribution in [2.45, 2.75) is 51.4 Å². The van der Waals surface area contributed by atoms with Gasteiger partial charge < -0.3 is 10.6 Å². The second kappa shape index (κ2) is 9.55. The number of likely N-dealkylation sites (tertiary alicyclic amines) is 1. The Balaban J connectivity index is 1.61. The molecule has 1 aliphatic rings.